The molecule has 0 aliphatic heterocycles. The second-order valence-corrected chi connectivity index (χ2v) is 5.48. The van der Waals surface area contributed by atoms with Crippen molar-refractivity contribution in [1.29, 1.82) is 0 Å². The van der Waals surface area contributed by atoms with Gasteiger partial charge < -0.3 is 15.3 Å². The van der Waals surface area contributed by atoms with Gasteiger partial charge in [0.1, 0.15) is 5.75 Å². The van der Waals surface area contributed by atoms with Gasteiger partial charge >= 0.3 is 0 Å². The van der Waals surface area contributed by atoms with E-state index in [0.717, 1.165) is 5.56 Å². The van der Waals surface area contributed by atoms with E-state index < -0.39 is 0 Å². The van der Waals surface area contributed by atoms with Gasteiger partial charge in [-0.15, -0.1) is 0 Å². The smallest absolute Gasteiger partial charge is 0.251 e. The molecule has 0 aliphatic carbocycles. The molecule has 19 heavy (non-hydrogen) atoms. The van der Waals surface area contributed by atoms with Crippen molar-refractivity contribution in [3.8, 4) is 5.75 Å². The molecule has 0 bridgehead atoms. The lowest BCUT2D eigenvalue weighted by molar-refractivity contribution is 0.0934. The number of phenolic OH excluding ortho intramolecular Hbond substituents is 1. The van der Waals surface area contributed by atoms with Crippen molar-refractivity contribution < 1.29 is 9.90 Å². The highest BCUT2D eigenvalue weighted by atomic mass is 16.3. The minimum Gasteiger partial charge on any atom is -0.508 e. The Balaban J connectivity index is 2.69. The van der Waals surface area contributed by atoms with Crippen molar-refractivity contribution in [1.82, 2.24) is 10.2 Å². The number of aromatic hydroxyl groups is 1. The van der Waals surface area contributed by atoms with Crippen molar-refractivity contribution in [2.45, 2.75) is 26.8 Å². The Kier molecular flexibility index (Phi) is 5.36. The maximum absolute atomic E-state index is 12.1. The number of hydrogen-bond donors (Lipinski definition) is 2. The topological polar surface area (TPSA) is 52.6 Å². The maximum atomic E-state index is 12.1. The normalized spacial score (nSPS) is 12.8. The second kappa shape index (κ2) is 6.57. The Labute approximate surface area is 115 Å². The summed E-state index contributed by atoms with van der Waals surface area (Å²) in [4.78, 5) is 14.2. The zero-order chi connectivity index (χ0) is 14.6. The molecule has 1 atom stereocenters. The fraction of sp³-hybridized carbons (Fsp3) is 0.533. The summed E-state index contributed by atoms with van der Waals surface area (Å²) in [6.45, 7) is 6.72. The van der Waals surface area contributed by atoms with Crippen LogP contribution in [0.4, 0.5) is 0 Å². The minimum atomic E-state index is -0.0926. The van der Waals surface area contributed by atoms with Crippen LogP contribution in [0, 0.1) is 12.8 Å². The van der Waals surface area contributed by atoms with Crippen LogP contribution in [0.2, 0.25) is 0 Å². The van der Waals surface area contributed by atoms with Crippen LogP contribution in [0.25, 0.3) is 0 Å². The molecule has 0 saturated heterocycles. The van der Waals surface area contributed by atoms with Crippen LogP contribution in [-0.2, 0) is 0 Å². The summed E-state index contributed by atoms with van der Waals surface area (Å²) in [6.07, 6.45) is 0. The Bertz CT molecular complexity index is 434. The Morgan fingerprint density at radius 1 is 1.37 bits per heavy atom. The Morgan fingerprint density at radius 2 is 2.00 bits per heavy atom. The van der Waals surface area contributed by atoms with Crippen LogP contribution < -0.4 is 5.32 Å². The average molecular weight is 264 g/mol. The zero-order valence-electron chi connectivity index (χ0n) is 12.4. The van der Waals surface area contributed by atoms with Crippen LogP contribution in [-0.4, -0.2) is 42.6 Å². The van der Waals surface area contributed by atoms with Gasteiger partial charge in [0, 0.05) is 18.2 Å². The first kappa shape index (κ1) is 15.5. The molecule has 1 aromatic rings. The van der Waals surface area contributed by atoms with Crippen molar-refractivity contribution in [2.75, 3.05) is 20.6 Å². The summed E-state index contributed by atoms with van der Waals surface area (Å²) >= 11 is 0. The number of carbonyl (C=O) groups is 1. The first-order valence-electron chi connectivity index (χ1n) is 6.57. The second-order valence-electron chi connectivity index (χ2n) is 5.48. The first-order chi connectivity index (χ1) is 8.82. The number of carbonyl (C=O) groups excluding carboxylic acids is 1. The molecule has 0 radical (unpaired) electrons. The molecule has 1 aromatic carbocycles. The SMILES string of the molecule is Cc1cc(O)ccc1C(=O)NCC(C(C)C)N(C)C. The van der Waals surface area contributed by atoms with Crippen LogP contribution in [0.15, 0.2) is 18.2 Å². The van der Waals surface area contributed by atoms with Gasteiger partial charge in [-0.2, -0.15) is 0 Å². The molecule has 2 N–H and O–H groups in total. The quantitative estimate of drug-likeness (QED) is 0.855. The van der Waals surface area contributed by atoms with Gasteiger partial charge in [0.2, 0.25) is 0 Å². The van der Waals surface area contributed by atoms with Crippen molar-refractivity contribution in [2.24, 2.45) is 5.92 Å². The molecule has 4 heteroatoms. The summed E-state index contributed by atoms with van der Waals surface area (Å²) in [6, 6.07) is 5.09. The van der Waals surface area contributed by atoms with E-state index >= 15 is 0 Å². The monoisotopic (exact) mass is 264 g/mol. The van der Waals surface area contributed by atoms with Gasteiger partial charge in [0.25, 0.3) is 5.91 Å². The maximum Gasteiger partial charge on any atom is 0.251 e. The standard InChI is InChI=1S/C15H24N2O2/c1-10(2)14(17(4)5)9-16-15(19)13-7-6-12(18)8-11(13)3/h6-8,10,14,18H,9H2,1-5H3,(H,16,19). The lowest BCUT2D eigenvalue weighted by atomic mass is 10.0. The van der Waals surface area contributed by atoms with E-state index in [2.05, 4.69) is 24.1 Å². The molecule has 0 spiro atoms. The molecule has 106 valence electrons. The van der Waals surface area contributed by atoms with E-state index in [4.69, 9.17) is 0 Å². The van der Waals surface area contributed by atoms with E-state index in [9.17, 15) is 9.90 Å². The molecule has 0 heterocycles. The Morgan fingerprint density at radius 3 is 2.47 bits per heavy atom. The van der Waals surface area contributed by atoms with Gasteiger partial charge in [-0.05, 0) is 50.7 Å². The first-order valence-corrected chi connectivity index (χ1v) is 6.57. The predicted octanol–water partition coefficient (Wildman–Crippen LogP) is 2.02. The van der Waals surface area contributed by atoms with Gasteiger partial charge in [0.15, 0.2) is 0 Å². The van der Waals surface area contributed by atoms with Crippen LogP contribution in [0.1, 0.15) is 29.8 Å². The summed E-state index contributed by atoms with van der Waals surface area (Å²) < 4.78 is 0. The number of nitrogens with one attached hydrogen (secondary N) is 1. The van der Waals surface area contributed by atoms with Gasteiger partial charge in [-0.1, -0.05) is 13.8 Å². The third kappa shape index (κ3) is 4.24. The average Bonchev–Trinajstić information content (AvgIpc) is 2.27. The number of amides is 1. The lowest BCUT2D eigenvalue weighted by Crippen LogP contribution is -2.43. The summed E-state index contributed by atoms with van der Waals surface area (Å²) in [5, 5.41) is 12.3. The van der Waals surface area contributed by atoms with Crippen molar-refractivity contribution in [3.05, 3.63) is 29.3 Å². The number of rotatable bonds is 5. The lowest BCUT2D eigenvalue weighted by Gasteiger charge is -2.28. The number of benzene rings is 1. The molecule has 0 aliphatic rings. The summed E-state index contributed by atoms with van der Waals surface area (Å²) in [7, 11) is 4.03. The van der Waals surface area contributed by atoms with E-state index in [-0.39, 0.29) is 11.7 Å². The fourth-order valence-electron chi connectivity index (χ4n) is 2.21. The molecule has 0 fully saturated rings. The third-order valence-electron chi connectivity index (χ3n) is 3.36. The minimum absolute atomic E-state index is 0.0926. The highest BCUT2D eigenvalue weighted by Crippen LogP contribution is 2.15. The highest BCUT2D eigenvalue weighted by Gasteiger charge is 2.17. The van der Waals surface area contributed by atoms with Gasteiger partial charge in [-0.3, -0.25) is 4.79 Å². The molecule has 1 amide bonds. The summed E-state index contributed by atoms with van der Waals surface area (Å²) in [5.74, 6) is 0.559. The van der Waals surface area contributed by atoms with Crippen LogP contribution in [0.5, 0.6) is 5.75 Å². The molecule has 4 nitrogen and oxygen atoms in total. The van der Waals surface area contributed by atoms with Crippen molar-refractivity contribution in [3.63, 3.8) is 0 Å². The molecule has 0 saturated carbocycles. The van der Waals surface area contributed by atoms with E-state index in [1.165, 1.54) is 6.07 Å². The number of aryl methyl sites for hydroxylation is 1. The third-order valence-corrected chi connectivity index (χ3v) is 3.36. The molecular formula is C15H24N2O2. The van der Waals surface area contributed by atoms with Gasteiger partial charge in [0.05, 0.1) is 0 Å². The summed E-state index contributed by atoms with van der Waals surface area (Å²) in [5.41, 5.74) is 1.39. The van der Waals surface area contributed by atoms with Crippen LogP contribution >= 0.6 is 0 Å². The van der Waals surface area contributed by atoms with E-state index in [1.807, 2.05) is 21.0 Å². The number of nitrogens with zero attached hydrogens (tertiary/aromatic N) is 1. The zero-order valence-corrected chi connectivity index (χ0v) is 12.4. The highest BCUT2D eigenvalue weighted by molar-refractivity contribution is 5.95. The predicted molar refractivity (Wildman–Crippen MR) is 77.5 cm³/mol. The van der Waals surface area contributed by atoms with Crippen molar-refractivity contribution >= 4 is 5.91 Å². The Hall–Kier alpha value is -1.55. The van der Waals surface area contributed by atoms with Gasteiger partial charge in [-0.25, -0.2) is 0 Å². The van der Waals surface area contributed by atoms with E-state index in [1.54, 1.807) is 12.1 Å². The molecule has 0 aromatic heterocycles. The fourth-order valence-corrected chi connectivity index (χ4v) is 2.21. The molecule has 1 rings (SSSR count). The molecule has 1 unspecified atom stereocenters. The number of phenols is 1. The largest absolute Gasteiger partial charge is 0.508 e. The van der Waals surface area contributed by atoms with Crippen LogP contribution in [0.3, 0.4) is 0 Å². The molecular weight excluding hydrogens is 240 g/mol. The number of likely N-dealkylation sites (N-methyl/N-ethyl adjacent to an activating group) is 1. The number of hydrogen-bond acceptors (Lipinski definition) is 3. The van der Waals surface area contributed by atoms with E-state index in [0.29, 0.717) is 24.1 Å².